The maximum atomic E-state index is 6.51. The van der Waals surface area contributed by atoms with E-state index in [4.69, 9.17) is 15.2 Å². The molecule has 1 aromatic carbocycles. The van der Waals surface area contributed by atoms with Gasteiger partial charge in [-0.2, -0.15) is 0 Å². The summed E-state index contributed by atoms with van der Waals surface area (Å²) in [5.74, 6) is 0.959. The van der Waals surface area contributed by atoms with Gasteiger partial charge in [0.2, 0.25) is 0 Å². The van der Waals surface area contributed by atoms with Crippen LogP contribution in [0.3, 0.4) is 0 Å². The van der Waals surface area contributed by atoms with Crippen molar-refractivity contribution >= 4 is 0 Å². The highest BCUT2D eigenvalue weighted by Gasteiger charge is 2.31. The molecule has 1 aromatic rings. The van der Waals surface area contributed by atoms with Gasteiger partial charge in [-0.05, 0) is 30.5 Å². The standard InChI is InChI=1S/C16H23NO2/c17-16(8-1-2-9-16)13-4-3-5-15(12-13)19-14-6-10-18-11-7-14/h3-5,12,14H,1-2,6-11,17H2. The maximum Gasteiger partial charge on any atom is 0.120 e. The van der Waals surface area contributed by atoms with Crippen LogP contribution in [0.25, 0.3) is 0 Å². The number of benzene rings is 1. The van der Waals surface area contributed by atoms with Gasteiger partial charge < -0.3 is 15.2 Å². The zero-order chi connectivity index (χ0) is 13.1. The second-order valence-corrected chi connectivity index (χ2v) is 5.82. The van der Waals surface area contributed by atoms with Crippen molar-refractivity contribution in [2.75, 3.05) is 13.2 Å². The smallest absolute Gasteiger partial charge is 0.120 e. The van der Waals surface area contributed by atoms with Crippen LogP contribution in [-0.4, -0.2) is 19.3 Å². The van der Waals surface area contributed by atoms with Gasteiger partial charge in [-0.15, -0.1) is 0 Å². The van der Waals surface area contributed by atoms with E-state index in [9.17, 15) is 0 Å². The van der Waals surface area contributed by atoms with Gasteiger partial charge in [0, 0.05) is 18.4 Å². The normalized spacial score (nSPS) is 23.4. The van der Waals surface area contributed by atoms with Gasteiger partial charge in [0.1, 0.15) is 11.9 Å². The van der Waals surface area contributed by atoms with E-state index in [1.807, 2.05) is 6.07 Å². The van der Waals surface area contributed by atoms with Gasteiger partial charge >= 0.3 is 0 Å². The van der Waals surface area contributed by atoms with Crippen molar-refractivity contribution in [3.63, 3.8) is 0 Å². The Hall–Kier alpha value is -1.06. The molecule has 1 heterocycles. The summed E-state index contributed by atoms with van der Waals surface area (Å²) in [4.78, 5) is 0. The summed E-state index contributed by atoms with van der Waals surface area (Å²) in [6.07, 6.45) is 6.92. The van der Waals surface area contributed by atoms with Crippen molar-refractivity contribution in [1.29, 1.82) is 0 Å². The summed E-state index contributed by atoms with van der Waals surface area (Å²) in [5, 5.41) is 0. The minimum Gasteiger partial charge on any atom is -0.490 e. The summed E-state index contributed by atoms with van der Waals surface area (Å²) in [6, 6.07) is 8.39. The van der Waals surface area contributed by atoms with Gasteiger partial charge in [0.25, 0.3) is 0 Å². The third-order valence-electron chi connectivity index (χ3n) is 4.38. The van der Waals surface area contributed by atoms with Crippen molar-refractivity contribution in [2.45, 2.75) is 50.2 Å². The Morgan fingerprint density at radius 3 is 2.63 bits per heavy atom. The minimum absolute atomic E-state index is 0.130. The first-order chi connectivity index (χ1) is 9.26. The monoisotopic (exact) mass is 261 g/mol. The third kappa shape index (κ3) is 2.93. The molecule has 2 N–H and O–H groups in total. The number of nitrogens with two attached hydrogens (primary N) is 1. The Balaban J connectivity index is 1.72. The Morgan fingerprint density at radius 2 is 1.89 bits per heavy atom. The molecule has 2 fully saturated rings. The molecule has 3 heteroatoms. The van der Waals surface area contributed by atoms with Gasteiger partial charge in [-0.25, -0.2) is 0 Å². The molecule has 0 bridgehead atoms. The summed E-state index contributed by atoms with van der Waals surface area (Å²) in [7, 11) is 0. The molecular formula is C16H23NO2. The van der Waals surface area contributed by atoms with Gasteiger partial charge in [0.15, 0.2) is 0 Å². The van der Waals surface area contributed by atoms with Crippen LogP contribution in [0.2, 0.25) is 0 Å². The van der Waals surface area contributed by atoms with Crippen LogP contribution in [0.15, 0.2) is 24.3 Å². The molecule has 104 valence electrons. The van der Waals surface area contributed by atoms with E-state index in [0.717, 1.165) is 44.6 Å². The molecule has 2 aliphatic rings. The van der Waals surface area contributed by atoms with Gasteiger partial charge in [-0.3, -0.25) is 0 Å². The molecule has 19 heavy (non-hydrogen) atoms. The SMILES string of the molecule is NC1(c2cccc(OC3CCOCC3)c2)CCCC1. The quantitative estimate of drug-likeness (QED) is 0.909. The summed E-state index contributed by atoms with van der Waals surface area (Å²) < 4.78 is 11.4. The largest absolute Gasteiger partial charge is 0.490 e. The molecule has 0 aromatic heterocycles. The van der Waals surface area contributed by atoms with E-state index in [1.165, 1.54) is 18.4 Å². The average Bonchev–Trinajstić information content (AvgIpc) is 2.89. The molecule has 3 rings (SSSR count). The van der Waals surface area contributed by atoms with Crippen LogP contribution >= 0.6 is 0 Å². The first-order valence-electron chi connectivity index (χ1n) is 7.40. The fourth-order valence-electron chi connectivity index (χ4n) is 3.16. The average molecular weight is 261 g/mol. The molecule has 0 atom stereocenters. The topological polar surface area (TPSA) is 44.5 Å². The van der Waals surface area contributed by atoms with Crippen molar-refractivity contribution in [1.82, 2.24) is 0 Å². The van der Waals surface area contributed by atoms with E-state index in [1.54, 1.807) is 0 Å². The van der Waals surface area contributed by atoms with Crippen LogP contribution in [0, 0.1) is 0 Å². The minimum atomic E-state index is -0.130. The van der Waals surface area contributed by atoms with E-state index >= 15 is 0 Å². The summed E-state index contributed by atoms with van der Waals surface area (Å²) in [6.45, 7) is 1.62. The Labute approximate surface area is 115 Å². The molecule has 0 unspecified atom stereocenters. The van der Waals surface area contributed by atoms with Crippen LogP contribution < -0.4 is 10.5 Å². The zero-order valence-electron chi connectivity index (χ0n) is 11.4. The van der Waals surface area contributed by atoms with Crippen LogP contribution in [0.4, 0.5) is 0 Å². The van der Waals surface area contributed by atoms with E-state index < -0.39 is 0 Å². The highest BCUT2D eigenvalue weighted by atomic mass is 16.5. The lowest BCUT2D eigenvalue weighted by Gasteiger charge is -2.26. The highest BCUT2D eigenvalue weighted by Crippen LogP contribution is 2.37. The molecule has 0 spiro atoms. The Morgan fingerprint density at radius 1 is 1.16 bits per heavy atom. The maximum absolute atomic E-state index is 6.51. The van der Waals surface area contributed by atoms with Gasteiger partial charge in [-0.1, -0.05) is 25.0 Å². The fourth-order valence-corrected chi connectivity index (χ4v) is 3.16. The molecule has 0 radical (unpaired) electrons. The number of hydrogen-bond acceptors (Lipinski definition) is 3. The predicted octanol–water partition coefficient (Wildman–Crippen LogP) is 2.97. The number of ether oxygens (including phenoxy) is 2. The first kappa shape index (κ1) is 12.9. The van der Waals surface area contributed by atoms with Crippen molar-refractivity contribution in [3.8, 4) is 5.75 Å². The van der Waals surface area contributed by atoms with Crippen molar-refractivity contribution in [3.05, 3.63) is 29.8 Å². The van der Waals surface area contributed by atoms with Crippen molar-refractivity contribution in [2.24, 2.45) is 5.73 Å². The molecule has 1 aliphatic carbocycles. The highest BCUT2D eigenvalue weighted by molar-refractivity contribution is 5.34. The number of hydrogen-bond donors (Lipinski definition) is 1. The van der Waals surface area contributed by atoms with Crippen LogP contribution in [0.1, 0.15) is 44.1 Å². The lowest BCUT2D eigenvalue weighted by atomic mass is 9.89. The Kier molecular flexibility index (Phi) is 3.76. The summed E-state index contributed by atoms with van der Waals surface area (Å²) in [5.41, 5.74) is 7.61. The van der Waals surface area contributed by atoms with Crippen LogP contribution in [-0.2, 0) is 10.3 Å². The molecule has 1 aliphatic heterocycles. The van der Waals surface area contributed by atoms with Gasteiger partial charge in [0.05, 0.1) is 13.2 Å². The van der Waals surface area contributed by atoms with E-state index in [0.29, 0.717) is 6.10 Å². The lowest BCUT2D eigenvalue weighted by molar-refractivity contribution is 0.0255. The number of rotatable bonds is 3. The third-order valence-corrected chi connectivity index (χ3v) is 4.38. The Bertz CT molecular complexity index is 421. The van der Waals surface area contributed by atoms with Crippen molar-refractivity contribution < 1.29 is 9.47 Å². The fraction of sp³-hybridized carbons (Fsp3) is 0.625. The molecule has 1 saturated heterocycles. The van der Waals surface area contributed by atoms with E-state index in [2.05, 4.69) is 18.2 Å². The zero-order valence-corrected chi connectivity index (χ0v) is 11.4. The lowest BCUT2D eigenvalue weighted by Crippen LogP contribution is -2.33. The predicted molar refractivity (Wildman–Crippen MR) is 75.2 cm³/mol. The molecule has 0 amide bonds. The molecular weight excluding hydrogens is 238 g/mol. The van der Waals surface area contributed by atoms with Crippen LogP contribution in [0.5, 0.6) is 5.75 Å². The second kappa shape index (κ2) is 5.51. The molecule has 3 nitrogen and oxygen atoms in total. The summed E-state index contributed by atoms with van der Waals surface area (Å²) >= 11 is 0. The first-order valence-corrected chi connectivity index (χ1v) is 7.40. The molecule has 1 saturated carbocycles. The second-order valence-electron chi connectivity index (χ2n) is 5.82. The van der Waals surface area contributed by atoms with E-state index in [-0.39, 0.29) is 5.54 Å².